The van der Waals surface area contributed by atoms with Gasteiger partial charge in [-0.1, -0.05) is 44.1 Å². The lowest BCUT2D eigenvalue weighted by Gasteiger charge is -2.23. The highest BCUT2D eigenvalue weighted by molar-refractivity contribution is 6.02. The predicted octanol–water partition coefficient (Wildman–Crippen LogP) is 4.07. The van der Waals surface area contributed by atoms with Gasteiger partial charge in [0.1, 0.15) is 5.76 Å². The van der Waals surface area contributed by atoms with Crippen LogP contribution in [0.25, 0.3) is 0 Å². The summed E-state index contributed by atoms with van der Waals surface area (Å²) in [5.41, 5.74) is 2.32. The maximum Gasteiger partial charge on any atom is 0.277 e. The van der Waals surface area contributed by atoms with E-state index in [0.717, 1.165) is 5.69 Å². The summed E-state index contributed by atoms with van der Waals surface area (Å²) in [5.74, 6) is 1.13. The largest absolute Gasteiger partial charge is 0.360 e. The highest BCUT2D eigenvalue weighted by Gasteiger charge is 2.18. The van der Waals surface area contributed by atoms with Crippen LogP contribution in [0, 0.1) is 6.92 Å². The Morgan fingerprint density at radius 2 is 1.81 bits per heavy atom. The SMILES string of the molecule is Cc1cc(NC(=O)c2ccc(Nc3ccccc3C(C)(C)C)nn2)no1. The second-order valence-electron chi connectivity index (χ2n) is 7.00. The Morgan fingerprint density at radius 3 is 2.42 bits per heavy atom. The van der Waals surface area contributed by atoms with Crippen molar-refractivity contribution in [2.24, 2.45) is 0 Å². The molecule has 26 heavy (non-hydrogen) atoms. The molecule has 0 aliphatic heterocycles. The van der Waals surface area contributed by atoms with Gasteiger partial charge in [0.2, 0.25) is 0 Å². The number of anilines is 3. The van der Waals surface area contributed by atoms with Crippen LogP contribution < -0.4 is 10.6 Å². The van der Waals surface area contributed by atoms with Gasteiger partial charge in [-0.2, -0.15) is 0 Å². The van der Waals surface area contributed by atoms with Gasteiger partial charge >= 0.3 is 0 Å². The molecule has 2 aromatic heterocycles. The molecular weight excluding hydrogens is 330 g/mol. The second-order valence-corrected chi connectivity index (χ2v) is 7.00. The minimum Gasteiger partial charge on any atom is -0.360 e. The number of nitrogens with one attached hydrogen (secondary N) is 2. The van der Waals surface area contributed by atoms with E-state index in [1.54, 1.807) is 25.1 Å². The maximum atomic E-state index is 12.2. The molecule has 0 unspecified atom stereocenters. The zero-order valence-electron chi connectivity index (χ0n) is 15.2. The minimum absolute atomic E-state index is 0.00737. The zero-order chi connectivity index (χ0) is 18.7. The van der Waals surface area contributed by atoms with Gasteiger partial charge in [-0.3, -0.25) is 4.79 Å². The fraction of sp³-hybridized carbons (Fsp3) is 0.263. The van der Waals surface area contributed by atoms with Gasteiger partial charge in [0.25, 0.3) is 5.91 Å². The van der Waals surface area contributed by atoms with Gasteiger partial charge in [-0.25, -0.2) is 0 Å². The van der Waals surface area contributed by atoms with Crippen LogP contribution in [0.2, 0.25) is 0 Å². The van der Waals surface area contributed by atoms with Gasteiger partial charge in [0.05, 0.1) is 0 Å². The van der Waals surface area contributed by atoms with Gasteiger partial charge in [0, 0.05) is 11.8 Å². The van der Waals surface area contributed by atoms with Crippen molar-refractivity contribution in [1.82, 2.24) is 15.4 Å². The number of carbonyl (C=O) groups excluding carboxylic acids is 1. The molecule has 1 aromatic carbocycles. The topological polar surface area (TPSA) is 92.9 Å². The molecule has 2 heterocycles. The molecule has 3 aromatic rings. The average Bonchev–Trinajstić information content (AvgIpc) is 3.00. The zero-order valence-corrected chi connectivity index (χ0v) is 15.2. The van der Waals surface area contributed by atoms with Crippen molar-refractivity contribution in [3.63, 3.8) is 0 Å². The van der Waals surface area contributed by atoms with E-state index in [-0.39, 0.29) is 11.1 Å². The van der Waals surface area contributed by atoms with Crippen molar-refractivity contribution in [1.29, 1.82) is 0 Å². The van der Waals surface area contributed by atoms with Gasteiger partial charge in [-0.05, 0) is 36.1 Å². The number of hydrogen-bond acceptors (Lipinski definition) is 6. The lowest BCUT2D eigenvalue weighted by atomic mass is 9.86. The first-order valence-electron chi connectivity index (χ1n) is 8.28. The number of amides is 1. The lowest BCUT2D eigenvalue weighted by molar-refractivity contribution is 0.102. The molecule has 0 saturated heterocycles. The Morgan fingerprint density at radius 1 is 1.04 bits per heavy atom. The Bertz CT molecular complexity index is 910. The second kappa shape index (κ2) is 6.95. The van der Waals surface area contributed by atoms with E-state index in [2.05, 4.69) is 52.8 Å². The van der Waals surface area contributed by atoms with Crippen LogP contribution in [0.5, 0.6) is 0 Å². The number of aryl methyl sites for hydroxylation is 1. The molecule has 0 spiro atoms. The normalized spacial score (nSPS) is 11.2. The van der Waals surface area contributed by atoms with E-state index in [0.29, 0.717) is 17.4 Å². The fourth-order valence-corrected chi connectivity index (χ4v) is 2.51. The summed E-state index contributed by atoms with van der Waals surface area (Å²) in [5, 5.41) is 17.7. The fourth-order valence-electron chi connectivity index (χ4n) is 2.51. The van der Waals surface area contributed by atoms with Crippen LogP contribution in [-0.2, 0) is 5.41 Å². The number of benzene rings is 1. The third-order valence-electron chi connectivity index (χ3n) is 3.76. The Kier molecular flexibility index (Phi) is 4.71. The predicted molar refractivity (Wildman–Crippen MR) is 99.6 cm³/mol. The minimum atomic E-state index is -0.396. The standard InChI is InChI=1S/C19H21N5O2/c1-12-11-17(24-26-12)21-18(25)15-9-10-16(23-22-15)20-14-8-6-5-7-13(14)19(2,3)4/h5-11H,1-4H3,(H,20,23)(H,21,24,25). The Labute approximate surface area is 151 Å². The summed E-state index contributed by atoms with van der Waals surface area (Å²) >= 11 is 0. The molecule has 1 amide bonds. The van der Waals surface area contributed by atoms with Crippen molar-refractivity contribution in [2.75, 3.05) is 10.6 Å². The molecule has 0 bridgehead atoms. The van der Waals surface area contributed by atoms with E-state index in [4.69, 9.17) is 4.52 Å². The number of nitrogens with zero attached hydrogens (tertiary/aromatic N) is 3. The maximum absolute atomic E-state index is 12.2. The number of rotatable bonds is 4. The average molecular weight is 351 g/mol. The molecule has 0 fully saturated rings. The van der Waals surface area contributed by atoms with Crippen LogP contribution in [-0.4, -0.2) is 21.3 Å². The van der Waals surface area contributed by atoms with Crippen LogP contribution in [0.1, 0.15) is 42.6 Å². The quantitative estimate of drug-likeness (QED) is 0.736. The Hall–Kier alpha value is -3.22. The van der Waals surface area contributed by atoms with Crippen molar-refractivity contribution >= 4 is 23.2 Å². The molecule has 0 radical (unpaired) electrons. The highest BCUT2D eigenvalue weighted by atomic mass is 16.5. The summed E-state index contributed by atoms with van der Waals surface area (Å²) < 4.78 is 4.91. The lowest BCUT2D eigenvalue weighted by Crippen LogP contribution is -2.15. The van der Waals surface area contributed by atoms with E-state index in [1.807, 2.05) is 18.2 Å². The molecule has 3 rings (SSSR count). The van der Waals surface area contributed by atoms with Crippen molar-refractivity contribution in [3.8, 4) is 0 Å². The summed E-state index contributed by atoms with van der Waals surface area (Å²) in [6.45, 7) is 8.20. The van der Waals surface area contributed by atoms with Crippen molar-refractivity contribution < 1.29 is 9.32 Å². The molecule has 2 N–H and O–H groups in total. The van der Waals surface area contributed by atoms with Gasteiger partial charge in [0.15, 0.2) is 17.3 Å². The van der Waals surface area contributed by atoms with Gasteiger partial charge in [-0.15, -0.1) is 10.2 Å². The first-order valence-corrected chi connectivity index (χ1v) is 8.28. The summed E-state index contributed by atoms with van der Waals surface area (Å²) in [4.78, 5) is 12.2. The highest BCUT2D eigenvalue weighted by Crippen LogP contribution is 2.30. The number of para-hydroxylation sites is 1. The number of aromatic nitrogens is 3. The van der Waals surface area contributed by atoms with Gasteiger partial charge < -0.3 is 15.2 Å². The van der Waals surface area contributed by atoms with E-state index >= 15 is 0 Å². The summed E-state index contributed by atoms with van der Waals surface area (Å²) in [6.07, 6.45) is 0. The van der Waals surface area contributed by atoms with E-state index in [1.165, 1.54) is 5.56 Å². The first kappa shape index (κ1) is 17.6. The molecule has 0 aliphatic carbocycles. The summed E-state index contributed by atoms with van der Waals surface area (Å²) in [7, 11) is 0. The number of hydrogen-bond donors (Lipinski definition) is 2. The third-order valence-corrected chi connectivity index (χ3v) is 3.76. The smallest absolute Gasteiger partial charge is 0.277 e. The third kappa shape index (κ3) is 4.05. The van der Waals surface area contributed by atoms with Crippen LogP contribution >= 0.6 is 0 Å². The molecule has 0 aliphatic rings. The first-order chi connectivity index (χ1) is 12.3. The molecule has 7 nitrogen and oxygen atoms in total. The molecule has 0 atom stereocenters. The van der Waals surface area contributed by atoms with E-state index < -0.39 is 5.91 Å². The molecule has 0 saturated carbocycles. The molecule has 134 valence electrons. The summed E-state index contributed by atoms with van der Waals surface area (Å²) in [6, 6.07) is 13.0. The van der Waals surface area contributed by atoms with Crippen LogP contribution in [0.3, 0.4) is 0 Å². The number of carbonyl (C=O) groups is 1. The molecule has 7 heteroatoms. The monoisotopic (exact) mass is 351 g/mol. The van der Waals surface area contributed by atoms with Crippen LogP contribution in [0.4, 0.5) is 17.3 Å². The van der Waals surface area contributed by atoms with Crippen LogP contribution in [0.15, 0.2) is 47.0 Å². The van der Waals surface area contributed by atoms with Crippen molar-refractivity contribution in [2.45, 2.75) is 33.1 Å². The van der Waals surface area contributed by atoms with E-state index in [9.17, 15) is 4.79 Å². The Balaban J connectivity index is 1.73. The molecular formula is C19H21N5O2. The van der Waals surface area contributed by atoms with Crippen molar-refractivity contribution in [3.05, 3.63) is 59.5 Å².